The van der Waals surface area contributed by atoms with Crippen molar-refractivity contribution in [2.45, 2.75) is 29.5 Å². The van der Waals surface area contributed by atoms with Crippen LogP contribution in [0.1, 0.15) is 23.0 Å². The van der Waals surface area contributed by atoms with Gasteiger partial charge in [-0.05, 0) is 36.2 Å². The van der Waals surface area contributed by atoms with E-state index in [0.717, 1.165) is 12.0 Å². The van der Waals surface area contributed by atoms with Crippen molar-refractivity contribution in [3.63, 3.8) is 0 Å². The lowest BCUT2D eigenvalue weighted by molar-refractivity contribution is 0.0560. The molecule has 1 amide bonds. The maximum absolute atomic E-state index is 13.3. The van der Waals surface area contributed by atoms with Gasteiger partial charge in [-0.2, -0.15) is 0 Å². The van der Waals surface area contributed by atoms with Crippen LogP contribution in [-0.4, -0.2) is 81.5 Å². The van der Waals surface area contributed by atoms with E-state index in [4.69, 9.17) is 4.42 Å². The Balaban J connectivity index is 1.52. The van der Waals surface area contributed by atoms with Gasteiger partial charge in [0, 0.05) is 32.2 Å². The fourth-order valence-electron chi connectivity index (χ4n) is 4.34. The van der Waals surface area contributed by atoms with Crippen molar-refractivity contribution in [2.24, 2.45) is 0 Å². The van der Waals surface area contributed by atoms with E-state index in [1.54, 1.807) is 41.3 Å². The second-order valence-corrected chi connectivity index (χ2v) is 12.4. The molecule has 0 bridgehead atoms. The van der Waals surface area contributed by atoms with Gasteiger partial charge in [-0.1, -0.05) is 19.1 Å². The Labute approximate surface area is 182 Å². The molecule has 1 aromatic carbocycles. The number of carbonyl (C=O) groups is 1. The van der Waals surface area contributed by atoms with E-state index < -0.39 is 31.0 Å². The van der Waals surface area contributed by atoms with Crippen LogP contribution in [0.5, 0.6) is 0 Å². The monoisotopic (exact) mass is 466 g/mol. The Bertz CT molecular complexity index is 1130. The summed E-state index contributed by atoms with van der Waals surface area (Å²) < 4.78 is 56.7. The summed E-state index contributed by atoms with van der Waals surface area (Å²) >= 11 is 0. The van der Waals surface area contributed by atoms with Gasteiger partial charge in [0.05, 0.1) is 27.9 Å². The molecule has 0 radical (unpaired) electrons. The molecule has 0 N–H and O–H groups in total. The van der Waals surface area contributed by atoms with Gasteiger partial charge in [0.15, 0.2) is 25.4 Å². The topological polar surface area (TPSA) is 105 Å². The van der Waals surface area contributed by atoms with Crippen LogP contribution in [-0.2, 0) is 26.1 Å². The molecule has 0 unspecified atom stereocenters. The molecule has 168 valence electrons. The van der Waals surface area contributed by atoms with E-state index in [2.05, 4.69) is 0 Å². The molecule has 2 aromatic rings. The first-order chi connectivity index (χ1) is 14.7. The van der Waals surface area contributed by atoms with Crippen molar-refractivity contribution in [3.8, 4) is 0 Å². The van der Waals surface area contributed by atoms with Gasteiger partial charge in [-0.25, -0.2) is 16.8 Å². The van der Waals surface area contributed by atoms with E-state index >= 15 is 0 Å². The van der Waals surface area contributed by atoms with E-state index in [-0.39, 0.29) is 28.1 Å². The van der Waals surface area contributed by atoms with Gasteiger partial charge in [0.2, 0.25) is 0 Å². The van der Waals surface area contributed by atoms with E-state index in [1.807, 2.05) is 11.8 Å². The number of rotatable bonds is 5. The summed E-state index contributed by atoms with van der Waals surface area (Å²) in [5.74, 6) is -0.520. The molecule has 2 aliphatic heterocycles. The van der Waals surface area contributed by atoms with Crippen LogP contribution in [0.15, 0.2) is 52.0 Å². The van der Waals surface area contributed by atoms with Gasteiger partial charge in [-0.15, -0.1) is 0 Å². The molecule has 3 heterocycles. The lowest BCUT2D eigenvalue weighted by Gasteiger charge is -2.39. The second kappa shape index (κ2) is 8.40. The molecule has 0 saturated carbocycles. The van der Waals surface area contributed by atoms with Crippen LogP contribution in [0.2, 0.25) is 0 Å². The Hall–Kier alpha value is -2.17. The summed E-state index contributed by atoms with van der Waals surface area (Å²) in [6.07, 6.45) is 2.23. The Morgan fingerprint density at radius 1 is 1.06 bits per heavy atom. The molecule has 2 aliphatic rings. The van der Waals surface area contributed by atoms with Crippen molar-refractivity contribution in [1.29, 1.82) is 0 Å². The SMILES string of the molecule is CCc1ccc(S(=O)(=O)[C@H]2CS(=O)(=O)C[C@@H]2N2CCN(C(=O)c3ccco3)CC2)cc1. The minimum atomic E-state index is -3.81. The summed E-state index contributed by atoms with van der Waals surface area (Å²) in [6.45, 7) is 3.57. The third-order valence-electron chi connectivity index (χ3n) is 6.13. The number of benzene rings is 1. The highest BCUT2D eigenvalue weighted by atomic mass is 32.2. The van der Waals surface area contributed by atoms with Crippen LogP contribution in [0, 0.1) is 0 Å². The average molecular weight is 467 g/mol. The minimum Gasteiger partial charge on any atom is -0.459 e. The number of hydrogen-bond acceptors (Lipinski definition) is 7. The van der Waals surface area contributed by atoms with Gasteiger partial charge >= 0.3 is 0 Å². The van der Waals surface area contributed by atoms with Crippen molar-refractivity contribution in [1.82, 2.24) is 9.80 Å². The van der Waals surface area contributed by atoms with E-state index in [0.29, 0.717) is 26.2 Å². The number of piperazine rings is 1. The highest BCUT2D eigenvalue weighted by Crippen LogP contribution is 2.30. The third kappa shape index (κ3) is 4.42. The maximum atomic E-state index is 13.3. The van der Waals surface area contributed by atoms with Crippen LogP contribution >= 0.6 is 0 Å². The molecule has 2 fully saturated rings. The Morgan fingerprint density at radius 2 is 1.74 bits per heavy atom. The first kappa shape index (κ1) is 22.0. The summed E-state index contributed by atoms with van der Waals surface area (Å²) in [4.78, 5) is 16.2. The molecule has 4 rings (SSSR count). The van der Waals surface area contributed by atoms with Gasteiger partial charge in [0.1, 0.15) is 0 Å². The fourth-order valence-corrected chi connectivity index (χ4v) is 9.17. The van der Waals surface area contributed by atoms with Crippen molar-refractivity contribution in [2.75, 3.05) is 37.7 Å². The summed E-state index contributed by atoms with van der Waals surface area (Å²) in [6, 6.07) is 9.29. The Kier molecular flexibility index (Phi) is 5.97. The predicted molar refractivity (Wildman–Crippen MR) is 115 cm³/mol. The molecule has 0 aliphatic carbocycles. The zero-order valence-electron chi connectivity index (χ0n) is 17.3. The van der Waals surface area contributed by atoms with Gasteiger partial charge in [-0.3, -0.25) is 9.69 Å². The number of sulfone groups is 2. The summed E-state index contributed by atoms with van der Waals surface area (Å²) in [5, 5.41) is -1.02. The molecule has 0 spiro atoms. The number of carbonyl (C=O) groups excluding carboxylic acids is 1. The van der Waals surface area contributed by atoms with Crippen LogP contribution < -0.4 is 0 Å². The standard InChI is InChI=1S/C21H26N2O6S2/c1-2-16-5-7-17(8-6-16)31(27,28)20-15-30(25,26)14-18(20)22-9-11-23(12-10-22)21(24)19-4-3-13-29-19/h3-8,13,18,20H,2,9-12,14-15H2,1H3/t18-,20-/m0/s1. The highest BCUT2D eigenvalue weighted by Gasteiger charge is 2.48. The number of hydrogen-bond donors (Lipinski definition) is 0. The molecule has 8 nitrogen and oxygen atoms in total. The van der Waals surface area contributed by atoms with Gasteiger partial charge in [0.25, 0.3) is 5.91 Å². The molecule has 1 aromatic heterocycles. The number of nitrogens with zero attached hydrogens (tertiary/aromatic N) is 2. The zero-order chi connectivity index (χ0) is 22.2. The van der Waals surface area contributed by atoms with E-state index in [1.165, 1.54) is 6.26 Å². The second-order valence-electron chi connectivity index (χ2n) is 8.03. The van der Waals surface area contributed by atoms with Crippen molar-refractivity contribution >= 4 is 25.6 Å². The van der Waals surface area contributed by atoms with Crippen molar-refractivity contribution in [3.05, 3.63) is 54.0 Å². The van der Waals surface area contributed by atoms with E-state index in [9.17, 15) is 21.6 Å². The first-order valence-electron chi connectivity index (χ1n) is 10.3. The smallest absolute Gasteiger partial charge is 0.289 e. The number of aryl methyl sites for hydroxylation is 1. The predicted octanol–water partition coefficient (Wildman–Crippen LogP) is 1.24. The quantitative estimate of drug-likeness (QED) is 0.653. The summed E-state index contributed by atoms with van der Waals surface area (Å²) in [7, 11) is -7.29. The average Bonchev–Trinajstić information content (AvgIpc) is 3.41. The van der Waals surface area contributed by atoms with Gasteiger partial charge < -0.3 is 9.32 Å². The highest BCUT2D eigenvalue weighted by molar-refractivity contribution is 7.96. The maximum Gasteiger partial charge on any atom is 0.289 e. The van der Waals surface area contributed by atoms with Crippen LogP contribution in [0.4, 0.5) is 0 Å². The molecule has 10 heteroatoms. The largest absolute Gasteiger partial charge is 0.459 e. The zero-order valence-corrected chi connectivity index (χ0v) is 18.9. The fraction of sp³-hybridized carbons (Fsp3) is 0.476. The molecule has 31 heavy (non-hydrogen) atoms. The number of amides is 1. The van der Waals surface area contributed by atoms with Crippen LogP contribution in [0.25, 0.3) is 0 Å². The Morgan fingerprint density at radius 3 is 2.32 bits per heavy atom. The minimum absolute atomic E-state index is 0.156. The number of furan rings is 1. The lowest BCUT2D eigenvalue weighted by atomic mass is 10.2. The van der Waals surface area contributed by atoms with Crippen molar-refractivity contribution < 1.29 is 26.0 Å². The molecular formula is C21H26N2O6S2. The first-order valence-corrected chi connectivity index (χ1v) is 13.7. The lowest BCUT2D eigenvalue weighted by Crippen LogP contribution is -2.55. The van der Waals surface area contributed by atoms with Crippen LogP contribution in [0.3, 0.4) is 0 Å². The normalized spacial score (nSPS) is 24.4. The third-order valence-corrected chi connectivity index (χ3v) is 10.3. The molecule has 2 saturated heterocycles. The molecule has 2 atom stereocenters. The molecular weight excluding hydrogens is 440 g/mol. The summed E-state index contributed by atoms with van der Waals surface area (Å²) in [5.41, 5.74) is 1.02.